The molecule has 1 unspecified atom stereocenters. The van der Waals surface area contributed by atoms with Crippen molar-refractivity contribution in [2.24, 2.45) is 0 Å². The maximum atomic E-state index is 11.0. The smallest absolute Gasteiger partial charge is 0.221 e. The first-order chi connectivity index (χ1) is 6.87. The average Bonchev–Trinajstić information content (AvgIpc) is 1.99. The molecule has 0 saturated carbocycles. The van der Waals surface area contributed by atoms with Crippen LogP contribution in [0.15, 0.2) is 12.3 Å². The predicted octanol–water partition coefficient (Wildman–Crippen LogP) is -0.0962. The van der Waals surface area contributed by atoms with Gasteiger partial charge in [0.2, 0.25) is 5.95 Å². The highest BCUT2D eigenvalue weighted by Gasteiger charge is 2.10. The number of anilines is 2. The molecule has 0 aromatic carbocycles. The van der Waals surface area contributed by atoms with Crippen molar-refractivity contribution in [3.8, 4) is 0 Å². The van der Waals surface area contributed by atoms with Gasteiger partial charge in [-0.1, -0.05) is 0 Å². The number of hydrogen-bond acceptors (Lipinski definition) is 6. The third kappa shape index (κ3) is 4.59. The normalized spacial score (nSPS) is 13.5. The summed E-state index contributed by atoms with van der Waals surface area (Å²) in [6.45, 7) is 1.76. The Hall–Kier alpha value is -1.37. The molecule has 0 aliphatic heterocycles. The van der Waals surface area contributed by atoms with Gasteiger partial charge >= 0.3 is 0 Å². The first-order valence-corrected chi connectivity index (χ1v) is 6.45. The van der Waals surface area contributed by atoms with E-state index in [1.165, 1.54) is 12.5 Å². The number of aromatic nitrogens is 2. The van der Waals surface area contributed by atoms with Crippen molar-refractivity contribution in [3.63, 3.8) is 0 Å². The fourth-order valence-electron chi connectivity index (χ4n) is 1.20. The Balaban J connectivity index is 2.63. The van der Waals surface area contributed by atoms with Crippen molar-refractivity contribution < 1.29 is 8.42 Å². The third-order valence-electron chi connectivity index (χ3n) is 1.62. The van der Waals surface area contributed by atoms with Crippen LogP contribution in [0.3, 0.4) is 0 Å². The minimum atomic E-state index is -2.99. The van der Waals surface area contributed by atoms with Crippen molar-refractivity contribution in [2.75, 3.05) is 23.1 Å². The summed E-state index contributed by atoms with van der Waals surface area (Å²) >= 11 is 0. The molecule has 15 heavy (non-hydrogen) atoms. The summed E-state index contributed by atoms with van der Waals surface area (Å²) in [5.74, 6) is 0.738. The molecule has 7 heteroatoms. The molecule has 6 nitrogen and oxygen atoms in total. The minimum Gasteiger partial charge on any atom is -0.368 e. The molecule has 1 rings (SSSR count). The molecular formula is C8H14N4O2S. The second-order valence-corrected chi connectivity index (χ2v) is 5.62. The molecule has 0 fully saturated rings. The summed E-state index contributed by atoms with van der Waals surface area (Å²) in [6.07, 6.45) is 2.71. The largest absolute Gasteiger partial charge is 0.368 e. The molecule has 0 aliphatic rings. The lowest BCUT2D eigenvalue weighted by Gasteiger charge is -2.12. The van der Waals surface area contributed by atoms with Gasteiger partial charge in [-0.05, 0) is 13.0 Å². The molecule has 0 spiro atoms. The van der Waals surface area contributed by atoms with Crippen LogP contribution in [-0.2, 0) is 9.84 Å². The van der Waals surface area contributed by atoms with Gasteiger partial charge in [-0.3, -0.25) is 0 Å². The van der Waals surface area contributed by atoms with E-state index in [1.54, 1.807) is 13.0 Å². The van der Waals surface area contributed by atoms with Gasteiger partial charge in [0, 0.05) is 18.5 Å². The van der Waals surface area contributed by atoms with E-state index in [2.05, 4.69) is 15.3 Å². The molecule has 0 aliphatic carbocycles. The predicted molar refractivity (Wildman–Crippen MR) is 59.2 cm³/mol. The molecule has 1 heterocycles. The Kier molecular flexibility index (Phi) is 3.46. The van der Waals surface area contributed by atoms with E-state index in [9.17, 15) is 8.42 Å². The van der Waals surface area contributed by atoms with Crippen molar-refractivity contribution in [1.29, 1.82) is 0 Å². The molecule has 1 atom stereocenters. The Bertz CT molecular complexity index is 432. The second-order valence-electron chi connectivity index (χ2n) is 3.44. The highest BCUT2D eigenvalue weighted by molar-refractivity contribution is 7.90. The highest BCUT2D eigenvalue weighted by Crippen LogP contribution is 2.05. The Morgan fingerprint density at radius 1 is 1.60 bits per heavy atom. The first-order valence-electron chi connectivity index (χ1n) is 4.39. The fraction of sp³-hybridized carbons (Fsp3) is 0.500. The zero-order valence-electron chi connectivity index (χ0n) is 8.64. The van der Waals surface area contributed by atoms with Crippen LogP contribution in [0.2, 0.25) is 0 Å². The van der Waals surface area contributed by atoms with Crippen LogP contribution < -0.4 is 11.1 Å². The second kappa shape index (κ2) is 4.43. The fourth-order valence-corrected chi connectivity index (χ4v) is 2.19. The van der Waals surface area contributed by atoms with E-state index >= 15 is 0 Å². The number of nitrogen functional groups attached to an aromatic ring is 1. The zero-order valence-corrected chi connectivity index (χ0v) is 9.45. The maximum Gasteiger partial charge on any atom is 0.221 e. The van der Waals surface area contributed by atoms with Crippen LogP contribution in [-0.4, -0.2) is 36.4 Å². The summed E-state index contributed by atoms with van der Waals surface area (Å²) in [4.78, 5) is 7.63. The SMILES string of the molecule is CC(CS(C)(=O)=O)Nc1ccnc(N)n1. The topological polar surface area (TPSA) is 98.0 Å². The van der Waals surface area contributed by atoms with E-state index < -0.39 is 9.84 Å². The van der Waals surface area contributed by atoms with Crippen LogP contribution in [0.1, 0.15) is 6.92 Å². The molecule has 1 aromatic rings. The first kappa shape index (κ1) is 11.7. The molecular weight excluding hydrogens is 216 g/mol. The molecule has 0 bridgehead atoms. The zero-order chi connectivity index (χ0) is 11.5. The van der Waals surface area contributed by atoms with Crippen LogP contribution in [0.4, 0.5) is 11.8 Å². The number of nitrogens with one attached hydrogen (secondary N) is 1. The van der Waals surface area contributed by atoms with E-state index in [1.807, 2.05) is 0 Å². The third-order valence-corrected chi connectivity index (χ3v) is 2.73. The van der Waals surface area contributed by atoms with E-state index in [0.717, 1.165) is 0 Å². The van der Waals surface area contributed by atoms with Crippen molar-refractivity contribution in [1.82, 2.24) is 9.97 Å². The van der Waals surface area contributed by atoms with Crippen LogP contribution in [0.5, 0.6) is 0 Å². The van der Waals surface area contributed by atoms with Gasteiger partial charge in [-0.15, -0.1) is 0 Å². The lowest BCUT2D eigenvalue weighted by molar-refractivity contribution is 0.598. The highest BCUT2D eigenvalue weighted by atomic mass is 32.2. The number of nitrogens with two attached hydrogens (primary N) is 1. The Labute approximate surface area is 88.8 Å². The molecule has 0 saturated heterocycles. The van der Waals surface area contributed by atoms with Crippen LogP contribution in [0.25, 0.3) is 0 Å². The Morgan fingerprint density at radius 2 is 2.27 bits per heavy atom. The quantitative estimate of drug-likeness (QED) is 0.749. The van der Waals surface area contributed by atoms with E-state index in [4.69, 9.17) is 5.73 Å². The van der Waals surface area contributed by atoms with E-state index in [0.29, 0.717) is 5.82 Å². The van der Waals surface area contributed by atoms with E-state index in [-0.39, 0.29) is 17.7 Å². The molecule has 84 valence electrons. The summed E-state index contributed by atoms with van der Waals surface area (Å²) in [5, 5.41) is 2.93. The van der Waals surface area contributed by atoms with Gasteiger partial charge in [-0.25, -0.2) is 13.4 Å². The van der Waals surface area contributed by atoms with Gasteiger partial charge in [0.1, 0.15) is 15.7 Å². The van der Waals surface area contributed by atoms with Crippen LogP contribution in [0, 0.1) is 0 Å². The van der Waals surface area contributed by atoms with Crippen LogP contribution >= 0.6 is 0 Å². The van der Waals surface area contributed by atoms with Crippen molar-refractivity contribution >= 4 is 21.6 Å². The van der Waals surface area contributed by atoms with Gasteiger partial charge in [0.05, 0.1) is 5.75 Å². The average molecular weight is 230 g/mol. The molecule has 0 amide bonds. The standard InChI is InChI=1S/C8H14N4O2S/c1-6(5-15(2,13)14)11-7-3-4-10-8(9)12-7/h3-4,6H,5H2,1-2H3,(H3,9,10,11,12). The number of rotatable bonds is 4. The van der Waals surface area contributed by atoms with Gasteiger partial charge < -0.3 is 11.1 Å². The molecule has 3 N–H and O–H groups in total. The number of nitrogens with zero attached hydrogens (tertiary/aromatic N) is 2. The number of sulfone groups is 1. The van der Waals surface area contributed by atoms with Crippen molar-refractivity contribution in [3.05, 3.63) is 12.3 Å². The molecule has 1 aromatic heterocycles. The summed E-state index contributed by atoms with van der Waals surface area (Å²) in [7, 11) is -2.99. The van der Waals surface area contributed by atoms with Gasteiger partial charge in [0.15, 0.2) is 0 Å². The maximum absolute atomic E-state index is 11.0. The summed E-state index contributed by atoms with van der Waals surface area (Å²) in [6, 6.07) is 1.42. The van der Waals surface area contributed by atoms with Gasteiger partial charge in [-0.2, -0.15) is 4.98 Å². The van der Waals surface area contributed by atoms with Crippen molar-refractivity contribution in [2.45, 2.75) is 13.0 Å². The lowest BCUT2D eigenvalue weighted by atomic mass is 10.4. The minimum absolute atomic E-state index is 0.0525. The summed E-state index contributed by atoms with van der Waals surface area (Å²) in [5.41, 5.74) is 5.38. The van der Waals surface area contributed by atoms with Gasteiger partial charge in [0.25, 0.3) is 0 Å². The number of hydrogen-bond donors (Lipinski definition) is 2. The lowest BCUT2D eigenvalue weighted by Crippen LogP contribution is -2.25. The monoisotopic (exact) mass is 230 g/mol. The summed E-state index contributed by atoms with van der Waals surface area (Å²) < 4.78 is 22.0. The molecule has 0 radical (unpaired) electrons. The Morgan fingerprint density at radius 3 is 2.80 bits per heavy atom.